The molecule has 0 amide bonds. The third-order valence-electron chi connectivity index (χ3n) is 6.70. The van der Waals surface area contributed by atoms with Gasteiger partial charge in [-0.25, -0.2) is 10.0 Å². The Labute approximate surface area is 238 Å². The summed E-state index contributed by atoms with van der Waals surface area (Å²) in [6.45, 7) is 0.334. The van der Waals surface area contributed by atoms with Gasteiger partial charge in [0, 0.05) is 16.0 Å². The lowest BCUT2D eigenvalue weighted by Gasteiger charge is -2.19. The summed E-state index contributed by atoms with van der Waals surface area (Å²) in [6.07, 6.45) is 4.06. The summed E-state index contributed by atoms with van der Waals surface area (Å²) in [6, 6.07) is 23.2. The van der Waals surface area contributed by atoms with E-state index in [0.29, 0.717) is 16.6 Å². The minimum atomic E-state index is -4.13. The van der Waals surface area contributed by atoms with Crippen molar-refractivity contribution in [2.75, 3.05) is 6.54 Å². The number of benzene rings is 3. The summed E-state index contributed by atoms with van der Waals surface area (Å²) in [5.41, 5.74) is 8.91. The third-order valence-corrected chi connectivity index (χ3v) is 8.49. The van der Waals surface area contributed by atoms with E-state index in [1.807, 2.05) is 42.5 Å². The van der Waals surface area contributed by atoms with Crippen LogP contribution in [0.1, 0.15) is 42.7 Å². The molecule has 1 fully saturated rings. The summed E-state index contributed by atoms with van der Waals surface area (Å²) < 4.78 is 30.8. The Morgan fingerprint density at radius 3 is 2.18 bits per heavy atom. The standard InChI is InChI=1S/C28H28Cl2N6O2S/c29-21-12-10-20(11-13-21)26-25(19-6-2-1-3-7-19)18-36(34-26)28(33-27(31)32-23-8-4-5-9-23)35-39(37,38)24-16-14-22(30)15-17-24/h1-3,6-7,10-17,23,25H,4-5,8-9,18H2,(H3,31,32,33,35). The highest BCUT2D eigenvalue weighted by Gasteiger charge is 2.33. The number of guanidine groups is 2. The van der Waals surface area contributed by atoms with Gasteiger partial charge in [0.25, 0.3) is 10.0 Å². The number of hydrazone groups is 1. The quantitative estimate of drug-likeness (QED) is 0.309. The minimum absolute atomic E-state index is 0.00165. The molecule has 0 radical (unpaired) electrons. The monoisotopic (exact) mass is 582 g/mol. The molecule has 202 valence electrons. The van der Waals surface area contributed by atoms with Crippen LogP contribution in [0.3, 0.4) is 0 Å². The first-order valence-electron chi connectivity index (χ1n) is 12.7. The molecule has 0 spiro atoms. The molecule has 3 aromatic carbocycles. The van der Waals surface area contributed by atoms with E-state index in [-0.39, 0.29) is 28.8 Å². The number of nitrogens with zero attached hydrogens (tertiary/aromatic N) is 4. The Hall–Kier alpha value is -3.40. The number of nitrogens with two attached hydrogens (primary N) is 1. The van der Waals surface area contributed by atoms with E-state index in [1.54, 1.807) is 12.1 Å². The Bertz CT molecular complexity index is 1500. The van der Waals surface area contributed by atoms with E-state index >= 15 is 0 Å². The molecule has 3 N–H and O–H groups in total. The summed E-state index contributed by atoms with van der Waals surface area (Å²) in [5, 5.41) is 10.4. The molecule has 1 aliphatic heterocycles. The van der Waals surface area contributed by atoms with Gasteiger partial charge in [-0.15, -0.1) is 4.40 Å². The van der Waals surface area contributed by atoms with E-state index in [4.69, 9.17) is 34.0 Å². The average molecular weight is 584 g/mol. The largest absolute Gasteiger partial charge is 0.370 e. The van der Waals surface area contributed by atoms with Gasteiger partial charge in [0.15, 0.2) is 5.96 Å². The SMILES string of the molecule is NC(=NC1CCCC1)N/C(=N/S(=O)(=O)c1ccc(Cl)cc1)N1CC(c2ccccc2)C(c2ccc(Cl)cc2)=N1. The van der Waals surface area contributed by atoms with Gasteiger partial charge in [-0.2, -0.15) is 13.5 Å². The van der Waals surface area contributed by atoms with Gasteiger partial charge in [0.2, 0.25) is 5.96 Å². The lowest BCUT2D eigenvalue weighted by atomic mass is 9.91. The van der Waals surface area contributed by atoms with Crippen molar-refractivity contribution < 1.29 is 8.42 Å². The number of hydrogen-bond donors (Lipinski definition) is 2. The summed E-state index contributed by atoms with van der Waals surface area (Å²) in [4.78, 5) is 4.56. The predicted molar refractivity (Wildman–Crippen MR) is 157 cm³/mol. The molecule has 11 heteroatoms. The van der Waals surface area contributed by atoms with Crippen molar-refractivity contribution in [1.29, 1.82) is 0 Å². The van der Waals surface area contributed by atoms with E-state index in [1.165, 1.54) is 29.3 Å². The van der Waals surface area contributed by atoms with Crippen LogP contribution in [0.4, 0.5) is 0 Å². The van der Waals surface area contributed by atoms with Crippen LogP contribution in [0.2, 0.25) is 10.0 Å². The zero-order chi connectivity index (χ0) is 27.4. The van der Waals surface area contributed by atoms with Crippen LogP contribution in [0.15, 0.2) is 98.2 Å². The predicted octanol–water partition coefficient (Wildman–Crippen LogP) is 5.39. The average Bonchev–Trinajstić information content (AvgIpc) is 3.60. The first-order chi connectivity index (χ1) is 18.8. The van der Waals surface area contributed by atoms with Crippen molar-refractivity contribution in [1.82, 2.24) is 10.3 Å². The topological polar surface area (TPSA) is 113 Å². The zero-order valence-corrected chi connectivity index (χ0v) is 23.4. The normalized spacial score (nSPS) is 18.9. The van der Waals surface area contributed by atoms with Crippen molar-refractivity contribution in [3.05, 3.63) is 100 Å². The van der Waals surface area contributed by atoms with Gasteiger partial charge in [-0.1, -0.05) is 78.5 Å². The van der Waals surface area contributed by atoms with Crippen LogP contribution >= 0.6 is 23.2 Å². The molecule has 1 atom stereocenters. The third kappa shape index (κ3) is 6.61. The highest BCUT2D eigenvalue weighted by molar-refractivity contribution is 7.90. The van der Waals surface area contributed by atoms with Crippen molar-refractivity contribution in [2.45, 2.75) is 42.5 Å². The maximum atomic E-state index is 13.3. The van der Waals surface area contributed by atoms with Gasteiger partial charge in [-0.05, 0) is 60.4 Å². The highest BCUT2D eigenvalue weighted by atomic mass is 35.5. The Kier molecular flexibility index (Phi) is 8.20. The van der Waals surface area contributed by atoms with Gasteiger partial charge >= 0.3 is 0 Å². The molecule has 39 heavy (non-hydrogen) atoms. The van der Waals surface area contributed by atoms with E-state index < -0.39 is 10.0 Å². The molecule has 1 saturated carbocycles. The van der Waals surface area contributed by atoms with Crippen LogP contribution in [-0.4, -0.2) is 43.6 Å². The van der Waals surface area contributed by atoms with E-state index in [0.717, 1.165) is 42.5 Å². The molecule has 8 nitrogen and oxygen atoms in total. The molecular weight excluding hydrogens is 555 g/mol. The van der Waals surface area contributed by atoms with Crippen LogP contribution in [0, 0.1) is 0 Å². The van der Waals surface area contributed by atoms with Crippen LogP contribution < -0.4 is 11.1 Å². The Morgan fingerprint density at radius 2 is 1.54 bits per heavy atom. The van der Waals surface area contributed by atoms with Crippen LogP contribution in [0.25, 0.3) is 0 Å². The smallest absolute Gasteiger partial charge is 0.285 e. The molecule has 5 rings (SSSR count). The van der Waals surface area contributed by atoms with Crippen molar-refractivity contribution in [3.8, 4) is 0 Å². The van der Waals surface area contributed by atoms with E-state index in [9.17, 15) is 8.42 Å². The second-order valence-corrected chi connectivity index (χ2v) is 11.9. The number of rotatable bonds is 5. The lowest BCUT2D eigenvalue weighted by molar-refractivity contribution is 0.464. The summed E-state index contributed by atoms with van der Waals surface area (Å²) in [5.74, 6) is -0.0990. The number of aliphatic imine (C=N–C) groups is 1. The lowest BCUT2D eigenvalue weighted by Crippen LogP contribution is -2.45. The molecule has 0 bridgehead atoms. The van der Waals surface area contributed by atoms with Crippen LogP contribution in [0.5, 0.6) is 0 Å². The molecule has 1 unspecified atom stereocenters. The molecule has 1 heterocycles. The first kappa shape index (κ1) is 27.2. The maximum absolute atomic E-state index is 13.3. The van der Waals surface area contributed by atoms with Crippen molar-refractivity contribution >= 4 is 50.9 Å². The molecule has 0 aromatic heterocycles. The second kappa shape index (κ2) is 11.8. The van der Waals surface area contributed by atoms with E-state index in [2.05, 4.69) is 14.7 Å². The summed E-state index contributed by atoms with van der Waals surface area (Å²) >= 11 is 12.1. The summed E-state index contributed by atoms with van der Waals surface area (Å²) in [7, 11) is -4.13. The Balaban J connectivity index is 1.56. The number of halogens is 2. The van der Waals surface area contributed by atoms with Crippen LogP contribution in [-0.2, 0) is 10.0 Å². The van der Waals surface area contributed by atoms with Gasteiger partial charge in [-0.3, -0.25) is 5.32 Å². The number of hydrogen-bond acceptors (Lipinski definition) is 4. The Morgan fingerprint density at radius 1 is 0.923 bits per heavy atom. The molecule has 1 aliphatic carbocycles. The number of nitrogens with one attached hydrogen (secondary N) is 1. The van der Waals surface area contributed by atoms with Crippen molar-refractivity contribution in [2.24, 2.45) is 20.2 Å². The minimum Gasteiger partial charge on any atom is -0.370 e. The van der Waals surface area contributed by atoms with Gasteiger partial charge < -0.3 is 5.73 Å². The first-order valence-corrected chi connectivity index (χ1v) is 14.9. The number of sulfonamides is 1. The fourth-order valence-electron chi connectivity index (χ4n) is 4.75. The fraction of sp³-hybridized carbons (Fsp3) is 0.250. The fourth-order valence-corrected chi connectivity index (χ4v) is 5.95. The molecule has 0 saturated heterocycles. The second-order valence-electron chi connectivity index (χ2n) is 9.46. The molecule has 2 aliphatic rings. The maximum Gasteiger partial charge on any atom is 0.285 e. The molecular formula is C28H28Cl2N6O2S. The van der Waals surface area contributed by atoms with Crippen molar-refractivity contribution in [3.63, 3.8) is 0 Å². The highest BCUT2D eigenvalue weighted by Crippen LogP contribution is 2.30. The van der Waals surface area contributed by atoms with Gasteiger partial charge in [0.1, 0.15) is 0 Å². The zero-order valence-electron chi connectivity index (χ0n) is 21.0. The molecule has 3 aromatic rings. The van der Waals surface area contributed by atoms with Gasteiger partial charge in [0.05, 0.1) is 23.2 Å².